The first-order valence-electron chi connectivity index (χ1n) is 7.09. The van der Waals surface area contributed by atoms with Gasteiger partial charge in [-0.2, -0.15) is 13.2 Å². The van der Waals surface area contributed by atoms with Gasteiger partial charge < -0.3 is 9.72 Å². The van der Waals surface area contributed by atoms with Crippen molar-refractivity contribution < 1.29 is 22.7 Å². The zero-order valence-electron chi connectivity index (χ0n) is 12.4. The molecule has 0 saturated heterocycles. The Balaban J connectivity index is 1.67. The minimum atomic E-state index is -4.44. The van der Waals surface area contributed by atoms with Gasteiger partial charge in [0.05, 0.1) is 0 Å². The van der Waals surface area contributed by atoms with Gasteiger partial charge in [-0.1, -0.05) is 30.3 Å². The largest absolute Gasteiger partial charge is 0.444 e. The van der Waals surface area contributed by atoms with E-state index in [1.807, 2.05) is 30.3 Å². The van der Waals surface area contributed by atoms with Crippen LogP contribution in [0.4, 0.5) is 23.7 Å². The van der Waals surface area contributed by atoms with Gasteiger partial charge in [0.15, 0.2) is 0 Å². The van der Waals surface area contributed by atoms with Crippen LogP contribution in [-0.4, -0.2) is 11.1 Å². The van der Waals surface area contributed by atoms with Crippen molar-refractivity contribution in [3.63, 3.8) is 0 Å². The molecule has 1 heterocycles. The molecule has 2 aromatic carbocycles. The average molecular weight is 334 g/mol. The third-order valence-corrected chi connectivity index (χ3v) is 3.39. The molecule has 1 amide bonds. The molecule has 24 heavy (non-hydrogen) atoms. The number of halogens is 3. The maximum absolute atomic E-state index is 12.7. The molecule has 0 saturated carbocycles. The molecule has 124 valence electrons. The van der Waals surface area contributed by atoms with Gasteiger partial charge in [0.2, 0.25) is 0 Å². The molecule has 0 radical (unpaired) electrons. The topological polar surface area (TPSA) is 54.1 Å². The Kier molecular flexibility index (Phi) is 4.16. The maximum Gasteiger partial charge on any atom is 0.431 e. The fourth-order valence-corrected chi connectivity index (χ4v) is 2.24. The summed E-state index contributed by atoms with van der Waals surface area (Å²) >= 11 is 0. The Hall–Kier alpha value is -2.96. The number of alkyl halides is 3. The van der Waals surface area contributed by atoms with E-state index in [2.05, 4.69) is 10.3 Å². The highest BCUT2D eigenvalue weighted by Gasteiger charge is 2.32. The van der Waals surface area contributed by atoms with Gasteiger partial charge >= 0.3 is 12.3 Å². The van der Waals surface area contributed by atoms with Gasteiger partial charge in [-0.05, 0) is 29.8 Å². The number of aromatic amines is 1. The second-order valence-electron chi connectivity index (χ2n) is 5.17. The lowest BCUT2D eigenvalue weighted by molar-refractivity contribution is -0.140. The molecule has 0 aliphatic heterocycles. The molecule has 7 heteroatoms. The molecule has 0 fully saturated rings. The fourth-order valence-electron chi connectivity index (χ4n) is 2.24. The zero-order valence-corrected chi connectivity index (χ0v) is 12.4. The molecule has 4 nitrogen and oxygen atoms in total. The van der Waals surface area contributed by atoms with Crippen LogP contribution in [0.15, 0.2) is 54.6 Å². The first kappa shape index (κ1) is 15.9. The number of fused-ring (bicyclic) bond motifs is 1. The predicted octanol–water partition coefficient (Wildman–Crippen LogP) is 4.94. The lowest BCUT2D eigenvalue weighted by Gasteiger charge is -2.07. The molecule has 2 N–H and O–H groups in total. The minimum Gasteiger partial charge on any atom is -0.444 e. The zero-order chi connectivity index (χ0) is 17.2. The lowest BCUT2D eigenvalue weighted by Crippen LogP contribution is -2.13. The molecule has 0 atom stereocenters. The number of hydrogen-bond donors (Lipinski definition) is 2. The number of nitrogens with one attached hydrogen (secondary N) is 2. The summed E-state index contributed by atoms with van der Waals surface area (Å²) in [6.45, 7) is 0.108. The van der Waals surface area contributed by atoms with Crippen LogP contribution < -0.4 is 5.32 Å². The molecule has 3 aromatic rings. The van der Waals surface area contributed by atoms with E-state index in [0.717, 1.165) is 11.6 Å². The lowest BCUT2D eigenvalue weighted by atomic mass is 10.2. The van der Waals surface area contributed by atoms with Crippen molar-refractivity contribution in [1.29, 1.82) is 0 Å². The van der Waals surface area contributed by atoms with Gasteiger partial charge in [-0.3, -0.25) is 5.32 Å². The number of benzene rings is 2. The Bertz CT molecular complexity index is 857. The van der Waals surface area contributed by atoms with Crippen molar-refractivity contribution in [2.24, 2.45) is 0 Å². The Morgan fingerprint density at radius 2 is 1.83 bits per heavy atom. The summed E-state index contributed by atoms with van der Waals surface area (Å²) in [6.07, 6.45) is -5.12. The van der Waals surface area contributed by atoms with Crippen molar-refractivity contribution in [3.05, 3.63) is 65.9 Å². The highest BCUT2D eigenvalue weighted by molar-refractivity contribution is 5.90. The molecule has 0 bridgehead atoms. The van der Waals surface area contributed by atoms with E-state index in [4.69, 9.17) is 4.74 Å². The summed E-state index contributed by atoms with van der Waals surface area (Å²) in [6, 6.07) is 14.6. The predicted molar refractivity (Wildman–Crippen MR) is 83.6 cm³/mol. The minimum absolute atomic E-state index is 0.108. The molecule has 0 aliphatic carbocycles. The van der Waals surface area contributed by atoms with Crippen LogP contribution in [0.25, 0.3) is 10.9 Å². The normalized spacial score (nSPS) is 11.5. The Labute approximate surface area is 135 Å². The smallest absolute Gasteiger partial charge is 0.431 e. The maximum atomic E-state index is 12.7. The SMILES string of the molecule is O=C(Nc1ccc2[nH]c(C(F)(F)F)cc2c1)OCc1ccccc1. The first-order chi connectivity index (χ1) is 11.4. The molecule has 0 spiro atoms. The number of hydrogen-bond acceptors (Lipinski definition) is 2. The Morgan fingerprint density at radius 1 is 1.08 bits per heavy atom. The summed E-state index contributed by atoms with van der Waals surface area (Å²) in [4.78, 5) is 14.1. The highest BCUT2D eigenvalue weighted by atomic mass is 19.4. The number of H-pyrrole nitrogens is 1. The molecular weight excluding hydrogens is 321 g/mol. The summed E-state index contributed by atoms with van der Waals surface area (Å²) in [5.41, 5.74) is 0.698. The van der Waals surface area contributed by atoms with Crippen molar-refractivity contribution in [2.45, 2.75) is 12.8 Å². The second-order valence-corrected chi connectivity index (χ2v) is 5.17. The first-order valence-corrected chi connectivity index (χ1v) is 7.09. The number of ether oxygens (including phenoxy) is 1. The number of rotatable bonds is 3. The van der Waals surface area contributed by atoms with Gasteiger partial charge in [-0.25, -0.2) is 4.79 Å². The third-order valence-electron chi connectivity index (χ3n) is 3.39. The van der Waals surface area contributed by atoms with Crippen molar-refractivity contribution in [2.75, 3.05) is 5.32 Å². The van der Waals surface area contributed by atoms with Crippen LogP contribution in [0.3, 0.4) is 0 Å². The number of carbonyl (C=O) groups is 1. The van der Waals surface area contributed by atoms with Gasteiger partial charge in [-0.15, -0.1) is 0 Å². The van der Waals surface area contributed by atoms with E-state index in [0.29, 0.717) is 16.6 Å². The average Bonchev–Trinajstić information content (AvgIpc) is 2.97. The van der Waals surface area contributed by atoms with Crippen molar-refractivity contribution in [3.8, 4) is 0 Å². The number of anilines is 1. The van der Waals surface area contributed by atoms with E-state index >= 15 is 0 Å². The van der Waals surface area contributed by atoms with Gasteiger partial charge in [0.25, 0.3) is 0 Å². The number of aromatic nitrogens is 1. The van der Waals surface area contributed by atoms with Crippen LogP contribution in [0.2, 0.25) is 0 Å². The number of amides is 1. The van der Waals surface area contributed by atoms with Gasteiger partial charge in [0.1, 0.15) is 12.3 Å². The second kappa shape index (κ2) is 6.27. The number of carbonyl (C=O) groups excluding carboxylic acids is 1. The van der Waals surface area contributed by atoms with E-state index in [-0.39, 0.29) is 6.61 Å². The fraction of sp³-hybridized carbons (Fsp3) is 0.118. The monoisotopic (exact) mass is 334 g/mol. The van der Waals surface area contributed by atoms with E-state index < -0.39 is 18.0 Å². The van der Waals surface area contributed by atoms with Crippen molar-refractivity contribution in [1.82, 2.24) is 4.98 Å². The molecule has 3 rings (SSSR count). The van der Waals surface area contributed by atoms with E-state index in [1.165, 1.54) is 18.2 Å². The summed E-state index contributed by atoms with van der Waals surface area (Å²) < 4.78 is 43.1. The van der Waals surface area contributed by atoms with Crippen LogP contribution in [0.5, 0.6) is 0 Å². The van der Waals surface area contributed by atoms with Crippen LogP contribution in [0, 0.1) is 0 Å². The summed E-state index contributed by atoms with van der Waals surface area (Å²) in [7, 11) is 0. The standard InChI is InChI=1S/C17H13F3N2O2/c18-17(19,20)15-9-12-8-13(6-7-14(12)22-15)21-16(23)24-10-11-4-2-1-3-5-11/h1-9,22H,10H2,(H,21,23). The molecule has 0 aliphatic rings. The van der Waals surface area contributed by atoms with Crippen LogP contribution >= 0.6 is 0 Å². The van der Waals surface area contributed by atoms with Crippen LogP contribution in [0.1, 0.15) is 11.3 Å². The quantitative estimate of drug-likeness (QED) is 0.713. The summed E-state index contributed by atoms with van der Waals surface area (Å²) in [5, 5.41) is 2.85. The third kappa shape index (κ3) is 3.68. The Morgan fingerprint density at radius 3 is 2.54 bits per heavy atom. The van der Waals surface area contributed by atoms with E-state index in [9.17, 15) is 18.0 Å². The molecule has 0 unspecified atom stereocenters. The van der Waals surface area contributed by atoms with Crippen molar-refractivity contribution >= 4 is 22.7 Å². The van der Waals surface area contributed by atoms with Crippen LogP contribution in [-0.2, 0) is 17.5 Å². The molecule has 1 aromatic heterocycles. The highest BCUT2D eigenvalue weighted by Crippen LogP contribution is 2.31. The van der Waals surface area contributed by atoms with E-state index in [1.54, 1.807) is 0 Å². The summed E-state index contributed by atoms with van der Waals surface area (Å²) in [5.74, 6) is 0. The van der Waals surface area contributed by atoms with Gasteiger partial charge in [0, 0.05) is 16.6 Å². The molecular formula is C17H13F3N2O2.